The number of allylic oxidation sites excluding steroid dienone is 4. The first-order valence-corrected chi connectivity index (χ1v) is 11.9. The van der Waals surface area contributed by atoms with Gasteiger partial charge in [-0.25, -0.2) is 0 Å². The molecule has 0 bridgehead atoms. The molecule has 29 heavy (non-hydrogen) atoms. The molecule has 0 spiro atoms. The summed E-state index contributed by atoms with van der Waals surface area (Å²) in [5, 5.41) is 0. The molecule has 0 aliphatic carbocycles. The Balaban J connectivity index is 3.45. The van der Waals surface area contributed by atoms with Crippen LogP contribution in [0.15, 0.2) is 24.3 Å². The molecule has 0 fully saturated rings. The maximum atomic E-state index is 11.5. The molecule has 0 aliphatic rings. The van der Waals surface area contributed by atoms with Crippen LogP contribution in [0.5, 0.6) is 0 Å². The highest BCUT2D eigenvalue weighted by Gasteiger charge is 2.08. The first kappa shape index (κ1) is 27.7. The minimum atomic E-state index is -5.18. The fourth-order valence-electron chi connectivity index (χ4n) is 2.51. The zero-order valence-electron chi connectivity index (χ0n) is 17.5. The Morgan fingerprint density at radius 2 is 1.41 bits per heavy atom. The maximum Gasteiger partial charge on any atom is 0.306 e. The summed E-state index contributed by atoms with van der Waals surface area (Å²) in [4.78, 5) is 43.1. The molecule has 0 atom stereocenters. The summed E-state index contributed by atoms with van der Waals surface area (Å²) in [6.45, 7) is 0.724. The normalized spacial score (nSPS) is 12.1. The molecule has 0 aromatic heterocycles. The summed E-state index contributed by atoms with van der Waals surface area (Å²) in [5.74, 6) is -1.29. The quantitative estimate of drug-likeness (QED) is 0.133. The van der Waals surface area contributed by atoms with Crippen LogP contribution < -0.4 is 9.79 Å². The molecule has 0 amide bonds. The molecular weight excluding hydrogens is 395 g/mol. The van der Waals surface area contributed by atoms with Crippen LogP contribution in [0.3, 0.4) is 0 Å². The van der Waals surface area contributed by atoms with Gasteiger partial charge in [0.2, 0.25) is 0 Å². The zero-order valence-corrected chi connectivity index (χ0v) is 18.4. The summed E-state index contributed by atoms with van der Waals surface area (Å²) >= 11 is 0. The molecule has 0 aliphatic heterocycles. The Labute approximate surface area is 174 Å². The fourth-order valence-corrected chi connectivity index (χ4v) is 2.81. The molecule has 0 radical (unpaired) electrons. The Morgan fingerprint density at radius 3 is 2.03 bits per heavy atom. The third kappa shape index (κ3) is 22.9. The second-order valence-corrected chi connectivity index (χ2v) is 8.05. The van der Waals surface area contributed by atoms with E-state index in [1.54, 1.807) is 0 Å². The Hall–Kier alpha value is -1.27. The van der Waals surface area contributed by atoms with Crippen LogP contribution in [0.2, 0.25) is 0 Å². The van der Waals surface area contributed by atoms with Crippen molar-refractivity contribution in [1.29, 1.82) is 0 Å². The van der Waals surface area contributed by atoms with E-state index in [1.807, 2.05) is 0 Å². The van der Waals surface area contributed by atoms with E-state index in [2.05, 4.69) is 35.8 Å². The molecular formula is C21H35O7P-2. The Morgan fingerprint density at radius 1 is 0.828 bits per heavy atom. The van der Waals surface area contributed by atoms with Crippen LogP contribution >= 0.6 is 7.82 Å². The smallest absolute Gasteiger partial charge is 0.306 e. The SMILES string of the molecule is CCCCC/C=C\C/C=C\CCCCCCCC(=O)OCC(=O)COP(=O)([O-])[O-]. The van der Waals surface area contributed by atoms with Gasteiger partial charge in [0.15, 0.2) is 12.4 Å². The molecule has 7 nitrogen and oxygen atoms in total. The van der Waals surface area contributed by atoms with Gasteiger partial charge >= 0.3 is 5.97 Å². The second kappa shape index (κ2) is 18.7. The third-order valence-electron chi connectivity index (χ3n) is 4.11. The van der Waals surface area contributed by atoms with Crippen molar-refractivity contribution in [3.8, 4) is 0 Å². The summed E-state index contributed by atoms with van der Waals surface area (Å²) in [6.07, 6.45) is 21.0. The van der Waals surface area contributed by atoms with Crippen LogP contribution in [0.1, 0.15) is 84.0 Å². The molecule has 0 aromatic rings. The number of ketones is 1. The lowest BCUT2D eigenvalue weighted by Crippen LogP contribution is -2.23. The number of esters is 1. The van der Waals surface area contributed by atoms with E-state index in [9.17, 15) is 23.9 Å². The topological polar surface area (TPSA) is 116 Å². The molecule has 0 saturated carbocycles. The van der Waals surface area contributed by atoms with Crippen LogP contribution in [-0.2, 0) is 23.4 Å². The van der Waals surface area contributed by atoms with E-state index in [1.165, 1.54) is 25.7 Å². The molecule has 0 N–H and O–H groups in total. The van der Waals surface area contributed by atoms with Crippen molar-refractivity contribution >= 4 is 19.6 Å². The summed E-state index contributed by atoms with van der Waals surface area (Å²) in [6, 6.07) is 0. The number of hydrogen-bond acceptors (Lipinski definition) is 7. The average Bonchev–Trinajstić information content (AvgIpc) is 2.67. The van der Waals surface area contributed by atoms with Crippen molar-refractivity contribution in [2.45, 2.75) is 84.0 Å². The highest BCUT2D eigenvalue weighted by atomic mass is 31.2. The number of phosphoric ester groups is 1. The van der Waals surface area contributed by atoms with Gasteiger partial charge in [-0.15, -0.1) is 0 Å². The van der Waals surface area contributed by atoms with Gasteiger partial charge < -0.3 is 23.6 Å². The number of carbonyl (C=O) groups excluding carboxylic acids is 2. The van der Waals surface area contributed by atoms with Gasteiger partial charge in [-0.1, -0.05) is 63.3 Å². The number of unbranched alkanes of at least 4 members (excludes halogenated alkanes) is 8. The largest absolute Gasteiger partial charge is 0.790 e. The van der Waals surface area contributed by atoms with Crippen molar-refractivity contribution in [3.63, 3.8) is 0 Å². The lowest BCUT2D eigenvalue weighted by molar-refractivity contribution is -0.341. The Kier molecular flexibility index (Phi) is 17.9. The predicted molar refractivity (Wildman–Crippen MR) is 109 cm³/mol. The number of Topliss-reactive ketones (excluding diaryl/α,β-unsaturated/α-hetero) is 1. The average molecular weight is 430 g/mol. The number of phosphoric acid groups is 1. The summed E-state index contributed by atoms with van der Waals surface area (Å²) in [5.41, 5.74) is 0. The fraction of sp³-hybridized carbons (Fsp3) is 0.714. The highest BCUT2D eigenvalue weighted by Crippen LogP contribution is 2.23. The van der Waals surface area contributed by atoms with Crippen molar-refractivity contribution in [1.82, 2.24) is 0 Å². The lowest BCUT2D eigenvalue weighted by atomic mass is 10.1. The number of hydrogen-bond donors (Lipinski definition) is 0. The minimum absolute atomic E-state index is 0.209. The lowest BCUT2D eigenvalue weighted by Gasteiger charge is -2.27. The maximum absolute atomic E-state index is 11.5. The molecule has 0 unspecified atom stereocenters. The molecule has 8 heteroatoms. The van der Waals surface area contributed by atoms with Gasteiger partial charge in [-0.05, 0) is 38.5 Å². The van der Waals surface area contributed by atoms with Crippen molar-refractivity contribution in [3.05, 3.63) is 24.3 Å². The first-order valence-electron chi connectivity index (χ1n) is 10.5. The van der Waals surface area contributed by atoms with Crippen molar-refractivity contribution in [2.24, 2.45) is 0 Å². The van der Waals surface area contributed by atoms with Gasteiger partial charge in [0.25, 0.3) is 0 Å². The summed E-state index contributed by atoms with van der Waals surface area (Å²) in [7, 11) is -5.18. The standard InChI is InChI=1S/C21H37O7P/c1-2-3-4-5-6-7-8-9-10-11-12-13-14-15-16-17-21(23)27-18-20(22)19-28-29(24,25)26/h6-7,9-10H,2-5,8,11-19H2,1H3,(H2,24,25,26)/p-2/b7-6-,10-9-. The minimum Gasteiger partial charge on any atom is -0.790 e. The van der Waals surface area contributed by atoms with Crippen molar-refractivity contribution in [2.75, 3.05) is 13.2 Å². The molecule has 0 heterocycles. The zero-order chi connectivity index (χ0) is 21.8. The monoisotopic (exact) mass is 430 g/mol. The second-order valence-electron chi connectivity index (χ2n) is 6.90. The van der Waals surface area contributed by atoms with Gasteiger partial charge in [-0.2, -0.15) is 0 Å². The van der Waals surface area contributed by atoms with E-state index in [0.29, 0.717) is 6.42 Å². The number of ether oxygens (including phenoxy) is 1. The van der Waals surface area contributed by atoms with E-state index < -0.39 is 32.8 Å². The van der Waals surface area contributed by atoms with Gasteiger partial charge in [-0.3, -0.25) is 9.59 Å². The molecule has 0 saturated heterocycles. The van der Waals surface area contributed by atoms with E-state index >= 15 is 0 Å². The van der Waals surface area contributed by atoms with Crippen LogP contribution in [0.25, 0.3) is 0 Å². The van der Waals surface area contributed by atoms with E-state index in [-0.39, 0.29) is 6.42 Å². The van der Waals surface area contributed by atoms with Crippen LogP contribution in [0.4, 0.5) is 0 Å². The number of rotatable bonds is 19. The summed E-state index contributed by atoms with van der Waals surface area (Å²) < 4.78 is 18.7. The van der Waals surface area contributed by atoms with Crippen LogP contribution in [0, 0.1) is 0 Å². The Bertz CT molecular complexity index is 537. The van der Waals surface area contributed by atoms with Gasteiger partial charge in [0.05, 0.1) is 7.82 Å². The van der Waals surface area contributed by atoms with E-state index in [4.69, 9.17) is 4.74 Å². The van der Waals surface area contributed by atoms with Crippen LogP contribution in [-0.4, -0.2) is 25.0 Å². The predicted octanol–water partition coefficient (Wildman–Crippen LogP) is 3.76. The molecule has 0 rings (SSSR count). The highest BCUT2D eigenvalue weighted by molar-refractivity contribution is 7.43. The van der Waals surface area contributed by atoms with Gasteiger partial charge in [0, 0.05) is 6.42 Å². The molecule has 0 aromatic carbocycles. The van der Waals surface area contributed by atoms with E-state index in [0.717, 1.165) is 38.5 Å². The first-order chi connectivity index (χ1) is 13.8. The molecule has 168 valence electrons. The number of carbonyl (C=O) groups is 2. The van der Waals surface area contributed by atoms with Crippen molar-refractivity contribution < 1.29 is 33.2 Å². The third-order valence-corrected chi connectivity index (χ3v) is 4.55. The van der Waals surface area contributed by atoms with Gasteiger partial charge in [0.1, 0.15) is 6.61 Å².